The minimum atomic E-state index is -1.68. The minimum Gasteiger partial charge on any atom is -0.273 e. The average molecular weight is 969 g/mol. The Morgan fingerprint density at radius 3 is 0.797 bits per heavy atom. The van der Waals surface area contributed by atoms with E-state index in [1.807, 2.05) is 109 Å². The number of halogens is 4. The predicted molar refractivity (Wildman–Crippen MR) is 255 cm³/mol. The molecule has 4 saturated heterocycles. The van der Waals surface area contributed by atoms with Crippen molar-refractivity contribution in [3.05, 3.63) is 164 Å². The number of fused-ring (bicyclic) bond motifs is 4. The third kappa shape index (κ3) is 6.60. The van der Waals surface area contributed by atoms with Crippen LogP contribution >= 0.6 is 62.2 Å². The van der Waals surface area contributed by atoms with E-state index in [-0.39, 0.29) is 23.6 Å². The molecule has 8 nitrogen and oxygen atoms in total. The number of hydrazine groups is 2. The first-order chi connectivity index (χ1) is 31.2. The molecule has 0 radical (unpaired) electrons. The van der Waals surface area contributed by atoms with Gasteiger partial charge >= 0.3 is 0 Å². The zero-order valence-corrected chi connectivity index (χ0v) is 39.5. The van der Waals surface area contributed by atoms with Crippen molar-refractivity contribution in [1.82, 2.24) is 20.0 Å². The van der Waals surface area contributed by atoms with Gasteiger partial charge in [0.15, 0.2) is 0 Å². The molecule has 14 heteroatoms. The Morgan fingerprint density at radius 1 is 0.344 bits per heavy atom. The number of amides is 4. The van der Waals surface area contributed by atoms with Crippen LogP contribution in [-0.2, 0) is 19.2 Å². The zero-order chi connectivity index (χ0) is 44.0. The monoisotopic (exact) mass is 966 g/mol. The minimum absolute atomic E-state index is 0.0785. The van der Waals surface area contributed by atoms with E-state index in [9.17, 15) is 0 Å². The smallest absolute Gasteiger partial charge is 0.246 e. The third-order valence-corrected chi connectivity index (χ3v) is 21.9. The van der Waals surface area contributed by atoms with Crippen LogP contribution in [0, 0.1) is 23.7 Å². The zero-order valence-electron chi connectivity index (χ0n) is 34.7. The summed E-state index contributed by atoms with van der Waals surface area (Å²) in [7, 11) is -3.37. The Bertz CT molecular complexity index is 2380. The Labute approximate surface area is 395 Å². The first-order valence-corrected chi connectivity index (χ1v) is 26.6. The lowest BCUT2D eigenvalue weighted by Gasteiger charge is -2.46. The fourth-order valence-corrected chi connectivity index (χ4v) is 20.2. The highest BCUT2D eigenvalue weighted by molar-refractivity contribution is 7.73. The van der Waals surface area contributed by atoms with Crippen molar-refractivity contribution in [3.8, 4) is 0 Å². The normalized spacial score (nSPS) is 28.3. The lowest BCUT2D eigenvalue weighted by molar-refractivity contribution is -0.185. The summed E-state index contributed by atoms with van der Waals surface area (Å²) in [5, 5.41) is 10.8. The molecule has 4 aliphatic heterocycles. The standard InChI is InChI=1S/C50H44Cl4N4O4P2/c51-37-23-9-5-19-33(37)47-55-43(59)29-15-1-2-16-30(29)44(60)56(55)48(34-20-6-10-24-38(34)52)63(47)41-27-13-14-28-42(41)64-49(35-21-7-11-25-39(35)53)57-45(61)31-17-3-4-18-32(31)46(62)58(57)50(64)36-22-8-12-26-40(36)54/h5-14,19-32,47-50H,1-4,15-18H2/t29-,30-,31-,32-,47-,48-,49-,50-/m1/s1. The number of carbonyl (C=O) groups excluding carboxylic acids is 4. The van der Waals surface area contributed by atoms with Crippen molar-refractivity contribution in [2.75, 3.05) is 0 Å². The summed E-state index contributed by atoms with van der Waals surface area (Å²) >= 11 is 29.0. The molecule has 0 aromatic heterocycles. The summed E-state index contributed by atoms with van der Waals surface area (Å²) in [6, 6.07) is 38.7. The van der Waals surface area contributed by atoms with Crippen molar-refractivity contribution >= 4 is 96.5 Å². The van der Waals surface area contributed by atoms with Gasteiger partial charge in [0.05, 0.1) is 23.7 Å². The second-order valence-corrected chi connectivity index (χ2v) is 23.8. The number of hydrogen-bond donors (Lipinski definition) is 0. The van der Waals surface area contributed by atoms with Crippen LogP contribution in [0.1, 0.15) is 96.8 Å². The van der Waals surface area contributed by atoms with Gasteiger partial charge in [0.25, 0.3) is 0 Å². The van der Waals surface area contributed by atoms with E-state index >= 15 is 19.2 Å². The van der Waals surface area contributed by atoms with E-state index in [2.05, 4.69) is 12.1 Å². The molecule has 0 N–H and O–H groups in total. The molecule has 4 amide bonds. The van der Waals surface area contributed by atoms with E-state index in [0.29, 0.717) is 45.8 Å². The van der Waals surface area contributed by atoms with Gasteiger partial charge in [-0.3, -0.25) is 19.2 Å². The quantitative estimate of drug-likeness (QED) is 0.159. The summed E-state index contributed by atoms with van der Waals surface area (Å²) in [5.74, 6) is -4.79. The van der Waals surface area contributed by atoms with Crippen LogP contribution in [-0.4, -0.2) is 43.7 Å². The molecule has 64 heavy (non-hydrogen) atoms. The molecule has 2 aliphatic carbocycles. The molecule has 326 valence electrons. The van der Waals surface area contributed by atoms with Crippen LogP contribution < -0.4 is 10.6 Å². The summed E-state index contributed by atoms with van der Waals surface area (Å²) in [6.45, 7) is 0. The molecule has 6 fully saturated rings. The Balaban J connectivity index is 1.21. The number of benzene rings is 5. The molecule has 0 unspecified atom stereocenters. The van der Waals surface area contributed by atoms with Gasteiger partial charge in [0.1, 0.15) is 23.1 Å². The highest BCUT2D eigenvalue weighted by atomic mass is 35.5. The molecule has 11 rings (SSSR count). The number of rotatable bonds is 6. The molecular weight excluding hydrogens is 924 g/mol. The van der Waals surface area contributed by atoms with Gasteiger partial charge in [-0.1, -0.05) is 169 Å². The van der Waals surface area contributed by atoms with Gasteiger partial charge < -0.3 is 0 Å². The Hall–Kier alpha value is -4.00. The fourth-order valence-electron chi connectivity index (χ4n) is 11.5. The molecule has 4 heterocycles. The molecular formula is C50H44Cl4N4O4P2. The lowest BCUT2D eigenvalue weighted by atomic mass is 9.76. The second kappa shape index (κ2) is 17.0. The van der Waals surface area contributed by atoms with Gasteiger partial charge in [0.2, 0.25) is 23.6 Å². The molecule has 5 aromatic rings. The van der Waals surface area contributed by atoms with Crippen LogP contribution in [0.15, 0.2) is 121 Å². The summed E-state index contributed by atoms with van der Waals surface area (Å²) < 4.78 is 0. The maximum Gasteiger partial charge on any atom is 0.246 e. The van der Waals surface area contributed by atoms with Gasteiger partial charge in [-0.25, -0.2) is 20.0 Å². The fraction of sp³-hybridized carbons (Fsp3) is 0.320. The highest BCUT2D eigenvalue weighted by Crippen LogP contribution is 2.75. The molecule has 2 saturated carbocycles. The Kier molecular flexibility index (Phi) is 11.3. The maximum absolute atomic E-state index is 15.3. The van der Waals surface area contributed by atoms with Crippen LogP contribution in [0.4, 0.5) is 0 Å². The van der Waals surface area contributed by atoms with Crippen molar-refractivity contribution in [3.63, 3.8) is 0 Å². The van der Waals surface area contributed by atoms with Crippen LogP contribution in [0.2, 0.25) is 20.1 Å². The average Bonchev–Trinajstić information content (AvgIpc) is 3.85. The number of carbonyl (C=O) groups is 4. The first kappa shape index (κ1) is 42.6. The molecule has 0 bridgehead atoms. The topological polar surface area (TPSA) is 81.2 Å². The lowest BCUT2D eigenvalue weighted by Crippen LogP contribution is -2.59. The largest absolute Gasteiger partial charge is 0.273 e. The third-order valence-electron chi connectivity index (χ3n) is 14.3. The summed E-state index contributed by atoms with van der Waals surface area (Å²) in [4.78, 5) is 61.3. The molecule has 5 aromatic carbocycles. The van der Waals surface area contributed by atoms with Gasteiger partial charge in [-0.05, 0) is 98.7 Å². The maximum atomic E-state index is 15.3. The first-order valence-electron chi connectivity index (χ1n) is 22.1. The number of nitrogens with zero attached hydrogens (tertiary/aromatic N) is 4. The van der Waals surface area contributed by atoms with E-state index < -0.39 is 62.6 Å². The van der Waals surface area contributed by atoms with Crippen molar-refractivity contribution in [2.45, 2.75) is 74.5 Å². The second-order valence-electron chi connectivity index (χ2n) is 17.6. The van der Waals surface area contributed by atoms with E-state index in [4.69, 9.17) is 46.4 Å². The summed E-state index contributed by atoms with van der Waals surface area (Å²) in [5.41, 5.74) is 2.95. The van der Waals surface area contributed by atoms with Gasteiger partial charge in [-0.2, -0.15) is 0 Å². The predicted octanol–water partition coefficient (Wildman–Crippen LogP) is 12.1. The van der Waals surface area contributed by atoms with E-state index in [1.54, 1.807) is 20.0 Å². The highest BCUT2D eigenvalue weighted by Gasteiger charge is 2.64. The molecule has 0 spiro atoms. The van der Waals surface area contributed by atoms with Crippen LogP contribution in [0.3, 0.4) is 0 Å². The number of hydrogen-bond acceptors (Lipinski definition) is 4. The van der Waals surface area contributed by atoms with Crippen LogP contribution in [0.25, 0.3) is 0 Å². The molecule has 8 atom stereocenters. The van der Waals surface area contributed by atoms with E-state index in [1.165, 1.54) is 0 Å². The van der Waals surface area contributed by atoms with Crippen molar-refractivity contribution < 1.29 is 19.2 Å². The molecule has 6 aliphatic rings. The Morgan fingerprint density at radius 2 is 0.562 bits per heavy atom. The van der Waals surface area contributed by atoms with Crippen molar-refractivity contribution in [2.24, 2.45) is 23.7 Å². The van der Waals surface area contributed by atoms with Crippen molar-refractivity contribution in [1.29, 1.82) is 0 Å². The van der Waals surface area contributed by atoms with E-state index in [0.717, 1.165) is 58.5 Å². The summed E-state index contributed by atoms with van der Waals surface area (Å²) in [6.07, 6.45) is 6.05. The van der Waals surface area contributed by atoms with Gasteiger partial charge in [0, 0.05) is 20.1 Å². The van der Waals surface area contributed by atoms with Gasteiger partial charge in [-0.15, -0.1) is 0 Å². The SMILES string of the molecule is O=C1[C@@H]2CCCC[C@H]2C(=O)N2[C@@H](c3ccccc3Cl)P(c3ccccc3P3[C@H](c4ccccc4Cl)N4C(=O)[C@@H]5CCCC[C@H]5C(=O)N4[C@H]3c3ccccc3Cl)[C@H](c3ccccc3Cl)N12. The van der Waals surface area contributed by atoms with Crippen LogP contribution in [0.5, 0.6) is 0 Å².